The van der Waals surface area contributed by atoms with Crippen molar-refractivity contribution in [2.75, 3.05) is 33.2 Å². The van der Waals surface area contributed by atoms with Gasteiger partial charge < -0.3 is 10.2 Å². The van der Waals surface area contributed by atoms with Crippen molar-refractivity contribution < 1.29 is 4.79 Å². The van der Waals surface area contributed by atoms with Crippen LogP contribution in [0.15, 0.2) is 51.4 Å². The first kappa shape index (κ1) is 25.6. The second-order valence-electron chi connectivity index (χ2n) is 7.69. The molecule has 1 fully saturated rings. The minimum Gasteiger partial charge on any atom is -0.340 e. The van der Waals surface area contributed by atoms with Gasteiger partial charge in [0, 0.05) is 48.7 Å². The molecule has 0 saturated carbocycles. The van der Waals surface area contributed by atoms with Crippen molar-refractivity contribution in [1.82, 2.24) is 15.1 Å². The summed E-state index contributed by atoms with van der Waals surface area (Å²) >= 11 is 7.10. The molecule has 2 aliphatic rings. The van der Waals surface area contributed by atoms with Gasteiger partial charge in [0.1, 0.15) is 5.54 Å². The van der Waals surface area contributed by atoms with Gasteiger partial charge in [-0.3, -0.25) is 9.69 Å². The molecule has 1 aliphatic heterocycles. The maximum absolute atomic E-state index is 13.9. The van der Waals surface area contributed by atoms with Gasteiger partial charge in [-0.25, -0.2) is 0 Å². The lowest BCUT2D eigenvalue weighted by atomic mass is 9.87. The Morgan fingerprint density at radius 2 is 1.73 bits per heavy atom. The summed E-state index contributed by atoms with van der Waals surface area (Å²) in [5.74, 6) is 0.204. The number of nitrogens with zero attached hydrogens (tertiary/aromatic N) is 2. The molecule has 0 radical (unpaired) electrons. The Morgan fingerprint density at radius 3 is 2.40 bits per heavy atom. The van der Waals surface area contributed by atoms with Crippen LogP contribution < -0.4 is 5.32 Å². The van der Waals surface area contributed by atoms with Crippen molar-refractivity contribution in [2.24, 2.45) is 0 Å². The summed E-state index contributed by atoms with van der Waals surface area (Å²) in [6, 6.07) is 14.7. The molecule has 4 rings (SSSR count). The first-order valence-electron chi connectivity index (χ1n) is 9.75. The molecule has 1 aliphatic carbocycles. The molecule has 2 aromatic carbocycles. The quantitative estimate of drug-likeness (QED) is 0.567. The molecule has 0 aromatic heterocycles. The number of benzene rings is 2. The van der Waals surface area contributed by atoms with E-state index in [1.165, 1.54) is 11.1 Å². The summed E-state index contributed by atoms with van der Waals surface area (Å²) in [5, 5.41) is 3.42. The summed E-state index contributed by atoms with van der Waals surface area (Å²) in [4.78, 5) is 18.3. The van der Waals surface area contributed by atoms with Gasteiger partial charge in [-0.1, -0.05) is 56.1 Å². The number of carbonyl (C=O) groups excluding carboxylic acids is 1. The van der Waals surface area contributed by atoms with Gasteiger partial charge in [-0.05, 0) is 47.7 Å². The number of likely N-dealkylation sites (N-methyl/N-ethyl adjacent to an activating group) is 1. The van der Waals surface area contributed by atoms with Crippen molar-refractivity contribution in [3.63, 3.8) is 0 Å². The van der Waals surface area contributed by atoms with E-state index >= 15 is 0 Å². The van der Waals surface area contributed by atoms with Gasteiger partial charge >= 0.3 is 0 Å². The molecule has 1 atom stereocenters. The van der Waals surface area contributed by atoms with Crippen molar-refractivity contribution in [2.45, 2.75) is 24.9 Å². The van der Waals surface area contributed by atoms with E-state index in [0.717, 1.165) is 53.5 Å². The third-order valence-corrected chi connectivity index (χ3v) is 6.83. The van der Waals surface area contributed by atoms with Crippen molar-refractivity contribution in [1.29, 1.82) is 0 Å². The van der Waals surface area contributed by atoms with Gasteiger partial charge in [0.05, 0.1) is 0 Å². The Bertz CT molecular complexity index is 872. The highest BCUT2D eigenvalue weighted by molar-refractivity contribution is 9.11. The number of rotatable bonds is 4. The molecule has 164 valence electrons. The minimum absolute atomic E-state index is 0. The van der Waals surface area contributed by atoms with E-state index in [0.29, 0.717) is 6.54 Å². The lowest BCUT2D eigenvalue weighted by Crippen LogP contribution is -2.60. The summed E-state index contributed by atoms with van der Waals surface area (Å²) in [7, 11) is 1.93. The maximum atomic E-state index is 13.9. The van der Waals surface area contributed by atoms with Gasteiger partial charge in [0.2, 0.25) is 5.91 Å². The van der Waals surface area contributed by atoms with E-state index in [2.05, 4.69) is 78.5 Å². The molecule has 8 heteroatoms. The first-order valence-corrected chi connectivity index (χ1v) is 11.3. The van der Waals surface area contributed by atoms with Gasteiger partial charge in [-0.2, -0.15) is 0 Å². The fourth-order valence-corrected chi connectivity index (χ4v) is 6.08. The molecular formula is C22H27Br2Cl2N3O. The summed E-state index contributed by atoms with van der Waals surface area (Å²) in [5.41, 5.74) is 3.08. The first-order chi connectivity index (χ1) is 13.5. The van der Waals surface area contributed by atoms with E-state index in [1.807, 2.05) is 18.0 Å². The Kier molecular flexibility index (Phi) is 9.22. The van der Waals surface area contributed by atoms with Crippen LogP contribution in [-0.4, -0.2) is 48.9 Å². The number of aryl methyl sites for hydroxylation is 1. The Morgan fingerprint density at radius 1 is 1.10 bits per heavy atom. The van der Waals surface area contributed by atoms with Crippen LogP contribution in [0.5, 0.6) is 0 Å². The summed E-state index contributed by atoms with van der Waals surface area (Å²) in [6.45, 7) is 4.25. The van der Waals surface area contributed by atoms with Crippen LogP contribution in [0.4, 0.5) is 0 Å². The highest BCUT2D eigenvalue weighted by atomic mass is 79.9. The number of fused-ring (bicyclic) bond motifs is 1. The van der Waals surface area contributed by atoms with Crippen LogP contribution >= 0.6 is 56.7 Å². The summed E-state index contributed by atoms with van der Waals surface area (Å²) in [6.07, 6.45) is 1.82. The van der Waals surface area contributed by atoms with Gasteiger partial charge in [-0.15, -0.1) is 24.8 Å². The van der Waals surface area contributed by atoms with Gasteiger partial charge in [0.25, 0.3) is 0 Å². The molecular weight excluding hydrogens is 553 g/mol. The second-order valence-corrected chi connectivity index (χ2v) is 9.52. The van der Waals surface area contributed by atoms with Crippen LogP contribution in [0.25, 0.3) is 0 Å². The van der Waals surface area contributed by atoms with Crippen LogP contribution in [0.1, 0.15) is 23.1 Å². The summed E-state index contributed by atoms with van der Waals surface area (Å²) < 4.78 is 2.03. The van der Waals surface area contributed by atoms with Crippen LogP contribution in [0.3, 0.4) is 0 Å². The Balaban J connectivity index is 0.00000160. The van der Waals surface area contributed by atoms with E-state index < -0.39 is 5.54 Å². The molecule has 1 saturated heterocycles. The van der Waals surface area contributed by atoms with Crippen molar-refractivity contribution in [3.8, 4) is 0 Å². The average molecular weight is 580 g/mol. The van der Waals surface area contributed by atoms with Crippen LogP contribution in [-0.2, 0) is 23.3 Å². The van der Waals surface area contributed by atoms with Crippen molar-refractivity contribution >= 4 is 62.6 Å². The zero-order chi connectivity index (χ0) is 19.7. The van der Waals surface area contributed by atoms with Crippen LogP contribution in [0.2, 0.25) is 0 Å². The number of amides is 1. The number of carbonyl (C=O) groups is 1. The smallest absolute Gasteiger partial charge is 0.247 e. The number of piperazine rings is 1. The number of hydrogen-bond acceptors (Lipinski definition) is 3. The zero-order valence-electron chi connectivity index (χ0n) is 16.9. The molecule has 1 heterocycles. The predicted molar refractivity (Wildman–Crippen MR) is 134 cm³/mol. The standard InChI is InChI=1S/C22H25Br2N3O.2ClH/c1-26(15-16-12-18(23)14-19(24)13-16)21(28)22(27-10-8-25-9-11-27)7-6-17-4-2-3-5-20(17)22;;/h2-5,12-14,25H,6-11,15H2,1H3;2*1H. The topological polar surface area (TPSA) is 35.6 Å². The predicted octanol–water partition coefficient (Wildman–Crippen LogP) is 4.76. The molecule has 1 amide bonds. The number of nitrogens with one attached hydrogen (secondary N) is 1. The molecule has 2 aromatic rings. The highest BCUT2D eigenvalue weighted by Gasteiger charge is 2.50. The third-order valence-electron chi connectivity index (χ3n) is 5.92. The van der Waals surface area contributed by atoms with E-state index in [4.69, 9.17) is 0 Å². The van der Waals surface area contributed by atoms with Gasteiger partial charge in [0.15, 0.2) is 0 Å². The fourth-order valence-electron chi connectivity index (χ4n) is 4.69. The highest BCUT2D eigenvalue weighted by Crippen LogP contribution is 2.43. The lowest BCUT2D eigenvalue weighted by Gasteiger charge is -2.44. The average Bonchev–Trinajstić information content (AvgIpc) is 3.08. The number of halogens is 4. The second kappa shape index (κ2) is 10.8. The Hall–Kier alpha value is -0.630. The van der Waals surface area contributed by atoms with E-state index in [-0.39, 0.29) is 30.7 Å². The molecule has 4 nitrogen and oxygen atoms in total. The molecule has 0 spiro atoms. The van der Waals surface area contributed by atoms with Crippen LogP contribution in [0, 0.1) is 0 Å². The van der Waals surface area contributed by atoms with Crippen molar-refractivity contribution in [3.05, 3.63) is 68.1 Å². The molecule has 0 bridgehead atoms. The number of hydrogen-bond donors (Lipinski definition) is 1. The monoisotopic (exact) mass is 577 g/mol. The Labute approximate surface area is 207 Å². The van der Waals surface area contributed by atoms with E-state index in [1.54, 1.807) is 0 Å². The molecule has 1 N–H and O–H groups in total. The normalized spacial score (nSPS) is 20.6. The fraction of sp³-hybridized carbons (Fsp3) is 0.409. The molecule has 1 unspecified atom stereocenters. The molecule has 30 heavy (non-hydrogen) atoms. The third kappa shape index (κ3) is 4.89. The largest absolute Gasteiger partial charge is 0.340 e. The minimum atomic E-state index is -0.545. The van der Waals surface area contributed by atoms with E-state index in [9.17, 15) is 4.79 Å². The lowest BCUT2D eigenvalue weighted by molar-refractivity contribution is -0.145. The SMILES string of the molecule is CN(Cc1cc(Br)cc(Br)c1)C(=O)C1(N2CCNCC2)CCc2ccccc21.Cl.Cl. The maximum Gasteiger partial charge on any atom is 0.247 e. The zero-order valence-corrected chi connectivity index (χ0v) is 21.7.